The first-order chi connectivity index (χ1) is 5.81. The molecule has 3 nitrogen and oxygen atoms in total. The monoisotopic (exact) mass is 170 g/mol. The average Bonchev–Trinajstić information content (AvgIpc) is 2.42. The van der Waals surface area contributed by atoms with Gasteiger partial charge in [-0.1, -0.05) is 6.08 Å². The summed E-state index contributed by atoms with van der Waals surface area (Å²) in [4.78, 5) is 0. The summed E-state index contributed by atoms with van der Waals surface area (Å²) in [5.41, 5.74) is 0. The minimum atomic E-state index is -0.502. The average molecular weight is 170 g/mol. The van der Waals surface area contributed by atoms with Gasteiger partial charge in [-0.3, -0.25) is 0 Å². The fourth-order valence-corrected chi connectivity index (χ4v) is 1.71. The lowest BCUT2D eigenvalue weighted by Gasteiger charge is -2.21. The SMILES string of the molecule is OC1C=CC2(CCC1)OCCO2. The molecule has 1 atom stereocenters. The second-order valence-electron chi connectivity index (χ2n) is 3.33. The van der Waals surface area contributed by atoms with Crippen molar-refractivity contribution in [2.75, 3.05) is 13.2 Å². The highest BCUT2D eigenvalue weighted by atomic mass is 16.7. The molecule has 3 heteroatoms. The zero-order chi connectivity index (χ0) is 8.44. The first kappa shape index (κ1) is 8.23. The molecular formula is C9H14O3. The summed E-state index contributed by atoms with van der Waals surface area (Å²) in [5, 5.41) is 9.33. The van der Waals surface area contributed by atoms with Crippen LogP contribution >= 0.6 is 0 Å². The van der Waals surface area contributed by atoms with Crippen molar-refractivity contribution in [3.63, 3.8) is 0 Å². The van der Waals surface area contributed by atoms with E-state index in [1.165, 1.54) is 0 Å². The van der Waals surface area contributed by atoms with E-state index in [-0.39, 0.29) is 6.10 Å². The molecule has 1 spiro atoms. The molecule has 1 N–H and O–H groups in total. The largest absolute Gasteiger partial charge is 0.389 e. The van der Waals surface area contributed by atoms with E-state index < -0.39 is 5.79 Å². The molecule has 12 heavy (non-hydrogen) atoms. The Kier molecular flexibility index (Phi) is 2.17. The molecule has 2 aliphatic rings. The summed E-state index contributed by atoms with van der Waals surface area (Å²) in [7, 11) is 0. The van der Waals surface area contributed by atoms with E-state index in [0.717, 1.165) is 19.3 Å². The van der Waals surface area contributed by atoms with Crippen LogP contribution in [-0.2, 0) is 9.47 Å². The third kappa shape index (κ3) is 1.53. The van der Waals surface area contributed by atoms with Crippen LogP contribution in [0.1, 0.15) is 19.3 Å². The molecule has 68 valence electrons. The molecular weight excluding hydrogens is 156 g/mol. The standard InChI is InChI=1S/C9H14O3/c10-8-2-1-4-9(5-3-8)11-6-7-12-9/h3,5,8,10H,1-2,4,6-7H2. The van der Waals surface area contributed by atoms with Crippen molar-refractivity contribution in [2.24, 2.45) is 0 Å². The van der Waals surface area contributed by atoms with Crippen LogP contribution in [0.5, 0.6) is 0 Å². The second-order valence-corrected chi connectivity index (χ2v) is 3.33. The summed E-state index contributed by atoms with van der Waals surface area (Å²) in [6.45, 7) is 1.33. The molecule has 0 radical (unpaired) electrons. The predicted molar refractivity (Wildman–Crippen MR) is 43.6 cm³/mol. The van der Waals surface area contributed by atoms with Crippen LogP contribution < -0.4 is 0 Å². The Hall–Kier alpha value is -0.380. The molecule has 1 unspecified atom stereocenters. The second kappa shape index (κ2) is 3.17. The third-order valence-electron chi connectivity index (χ3n) is 2.37. The molecule has 0 aromatic rings. The smallest absolute Gasteiger partial charge is 0.188 e. The first-order valence-corrected chi connectivity index (χ1v) is 4.46. The number of aliphatic hydroxyl groups excluding tert-OH is 1. The molecule has 0 amide bonds. The molecule has 0 aromatic carbocycles. The van der Waals surface area contributed by atoms with Crippen LogP contribution in [0.3, 0.4) is 0 Å². The maximum Gasteiger partial charge on any atom is 0.188 e. The van der Waals surface area contributed by atoms with Crippen molar-refractivity contribution in [2.45, 2.75) is 31.2 Å². The summed E-state index contributed by atoms with van der Waals surface area (Å²) in [6.07, 6.45) is 5.94. The van der Waals surface area contributed by atoms with Gasteiger partial charge in [0.15, 0.2) is 5.79 Å². The van der Waals surface area contributed by atoms with Crippen LogP contribution in [0, 0.1) is 0 Å². The lowest BCUT2D eigenvalue weighted by atomic mass is 10.1. The van der Waals surface area contributed by atoms with E-state index in [4.69, 9.17) is 9.47 Å². The summed E-state index contributed by atoms with van der Waals surface area (Å²) in [6, 6.07) is 0. The van der Waals surface area contributed by atoms with E-state index in [1.54, 1.807) is 6.08 Å². The Labute approximate surface area is 72.0 Å². The maximum atomic E-state index is 9.33. The molecule has 1 saturated heterocycles. The van der Waals surface area contributed by atoms with Gasteiger partial charge in [0.1, 0.15) is 0 Å². The number of rotatable bonds is 0. The third-order valence-corrected chi connectivity index (χ3v) is 2.37. The zero-order valence-corrected chi connectivity index (χ0v) is 7.03. The molecule has 0 bridgehead atoms. The van der Waals surface area contributed by atoms with Gasteiger partial charge in [0.2, 0.25) is 0 Å². The van der Waals surface area contributed by atoms with Gasteiger partial charge in [-0.05, 0) is 18.9 Å². The van der Waals surface area contributed by atoms with E-state index in [2.05, 4.69) is 0 Å². The Morgan fingerprint density at radius 2 is 2.08 bits per heavy atom. The molecule has 1 aliphatic heterocycles. The van der Waals surface area contributed by atoms with Crippen LogP contribution in [0.25, 0.3) is 0 Å². The van der Waals surface area contributed by atoms with Gasteiger partial charge < -0.3 is 14.6 Å². The number of aliphatic hydroxyl groups is 1. The Balaban J connectivity index is 2.09. The van der Waals surface area contributed by atoms with E-state index >= 15 is 0 Å². The Morgan fingerprint density at radius 3 is 2.83 bits per heavy atom. The van der Waals surface area contributed by atoms with Crippen LogP contribution in [0.4, 0.5) is 0 Å². The highest BCUT2D eigenvalue weighted by Gasteiger charge is 2.34. The maximum absolute atomic E-state index is 9.33. The van der Waals surface area contributed by atoms with Crippen molar-refractivity contribution in [3.05, 3.63) is 12.2 Å². The predicted octanol–water partition coefficient (Wildman–Crippen LogP) is 0.831. The van der Waals surface area contributed by atoms with Crippen LogP contribution in [0.2, 0.25) is 0 Å². The topological polar surface area (TPSA) is 38.7 Å². The highest BCUT2D eigenvalue weighted by Crippen LogP contribution is 2.30. The van der Waals surface area contributed by atoms with Gasteiger partial charge >= 0.3 is 0 Å². The van der Waals surface area contributed by atoms with Crippen molar-refractivity contribution in [1.82, 2.24) is 0 Å². The fourth-order valence-electron chi connectivity index (χ4n) is 1.71. The normalized spacial score (nSPS) is 33.9. The highest BCUT2D eigenvalue weighted by molar-refractivity contribution is 5.03. The lowest BCUT2D eigenvalue weighted by molar-refractivity contribution is -0.121. The summed E-state index contributed by atoms with van der Waals surface area (Å²) < 4.78 is 11.0. The van der Waals surface area contributed by atoms with Crippen molar-refractivity contribution < 1.29 is 14.6 Å². The fraction of sp³-hybridized carbons (Fsp3) is 0.778. The Bertz CT molecular complexity index is 182. The van der Waals surface area contributed by atoms with E-state index in [0.29, 0.717) is 13.2 Å². The summed E-state index contributed by atoms with van der Waals surface area (Å²) >= 11 is 0. The van der Waals surface area contributed by atoms with Crippen LogP contribution in [0.15, 0.2) is 12.2 Å². The minimum absolute atomic E-state index is 0.322. The van der Waals surface area contributed by atoms with E-state index in [9.17, 15) is 5.11 Å². The number of hydrogen-bond donors (Lipinski definition) is 1. The van der Waals surface area contributed by atoms with Gasteiger partial charge in [0.25, 0.3) is 0 Å². The Morgan fingerprint density at radius 1 is 1.33 bits per heavy atom. The van der Waals surface area contributed by atoms with Crippen molar-refractivity contribution in [1.29, 1.82) is 0 Å². The van der Waals surface area contributed by atoms with Gasteiger partial charge in [0.05, 0.1) is 19.3 Å². The summed E-state index contributed by atoms with van der Waals surface area (Å²) in [5.74, 6) is -0.502. The number of ether oxygens (including phenoxy) is 2. The quantitative estimate of drug-likeness (QED) is 0.547. The van der Waals surface area contributed by atoms with Crippen molar-refractivity contribution in [3.8, 4) is 0 Å². The molecule has 1 heterocycles. The lowest BCUT2D eigenvalue weighted by Crippen LogP contribution is -2.26. The van der Waals surface area contributed by atoms with Gasteiger partial charge in [-0.2, -0.15) is 0 Å². The number of hydrogen-bond acceptors (Lipinski definition) is 3. The van der Waals surface area contributed by atoms with Crippen molar-refractivity contribution >= 4 is 0 Å². The van der Waals surface area contributed by atoms with Gasteiger partial charge in [-0.15, -0.1) is 0 Å². The van der Waals surface area contributed by atoms with Crippen LogP contribution in [-0.4, -0.2) is 30.2 Å². The molecule has 0 aromatic heterocycles. The van der Waals surface area contributed by atoms with Gasteiger partial charge in [-0.25, -0.2) is 0 Å². The molecule has 0 saturated carbocycles. The zero-order valence-electron chi connectivity index (χ0n) is 7.03. The van der Waals surface area contributed by atoms with Gasteiger partial charge in [0, 0.05) is 6.42 Å². The molecule has 2 rings (SSSR count). The molecule has 1 aliphatic carbocycles. The first-order valence-electron chi connectivity index (χ1n) is 4.46. The molecule has 1 fully saturated rings. The minimum Gasteiger partial charge on any atom is -0.389 e. The van der Waals surface area contributed by atoms with E-state index in [1.807, 2.05) is 6.08 Å².